The highest BCUT2D eigenvalue weighted by atomic mass is 16.4. The van der Waals surface area contributed by atoms with Crippen LogP contribution < -0.4 is 5.32 Å². The topological polar surface area (TPSA) is 115 Å². The Balaban J connectivity index is 1.48. The SMILES string of the molecule is C[C@@H](O)[C@H]1C(=O)N2C(C(=O)O)=C(C[C@@H]3CNC(Cc4cccnc4)=N3)C[C@H]12. The summed E-state index contributed by atoms with van der Waals surface area (Å²) in [6.07, 6.45) is 4.40. The fourth-order valence-electron chi connectivity index (χ4n) is 4.30. The smallest absolute Gasteiger partial charge is 0.352 e. The molecule has 1 aromatic heterocycles. The predicted molar refractivity (Wildman–Crippen MR) is 96.9 cm³/mol. The molecule has 27 heavy (non-hydrogen) atoms. The van der Waals surface area contributed by atoms with Gasteiger partial charge in [-0.05, 0) is 37.0 Å². The second-order valence-electron chi connectivity index (χ2n) is 7.36. The molecule has 3 aliphatic rings. The lowest BCUT2D eigenvalue weighted by Crippen LogP contribution is -2.61. The number of pyridine rings is 1. The summed E-state index contributed by atoms with van der Waals surface area (Å²) in [6.45, 7) is 2.22. The van der Waals surface area contributed by atoms with Gasteiger partial charge < -0.3 is 20.4 Å². The van der Waals surface area contributed by atoms with Crippen molar-refractivity contribution in [3.63, 3.8) is 0 Å². The molecule has 1 saturated heterocycles. The molecular weight excluding hydrogens is 348 g/mol. The number of hydrogen-bond donors (Lipinski definition) is 3. The van der Waals surface area contributed by atoms with Gasteiger partial charge in [-0.1, -0.05) is 6.07 Å². The van der Waals surface area contributed by atoms with Gasteiger partial charge >= 0.3 is 5.97 Å². The first-order valence-corrected chi connectivity index (χ1v) is 9.11. The summed E-state index contributed by atoms with van der Waals surface area (Å²) in [5.74, 6) is -1.03. The number of β-lactam (4-membered cyclic amide) rings is 1. The molecule has 0 unspecified atom stereocenters. The average Bonchev–Trinajstić information content (AvgIpc) is 3.18. The lowest BCUT2D eigenvalue weighted by atomic mass is 9.82. The van der Waals surface area contributed by atoms with Crippen LogP contribution >= 0.6 is 0 Å². The lowest BCUT2D eigenvalue weighted by molar-refractivity contribution is -0.161. The Bertz CT molecular complexity index is 833. The van der Waals surface area contributed by atoms with Crippen LogP contribution in [0.1, 0.15) is 25.3 Å². The number of aliphatic hydroxyl groups excluding tert-OH is 1. The predicted octanol–water partition coefficient (Wildman–Crippen LogP) is 0.335. The molecule has 8 heteroatoms. The van der Waals surface area contributed by atoms with E-state index in [-0.39, 0.29) is 23.7 Å². The first-order valence-electron chi connectivity index (χ1n) is 9.11. The van der Waals surface area contributed by atoms with E-state index >= 15 is 0 Å². The Morgan fingerprint density at radius 3 is 2.96 bits per heavy atom. The molecule has 0 saturated carbocycles. The number of nitrogens with zero attached hydrogens (tertiary/aromatic N) is 3. The fraction of sp³-hybridized carbons (Fsp3) is 0.474. The monoisotopic (exact) mass is 370 g/mol. The van der Waals surface area contributed by atoms with Crippen molar-refractivity contribution >= 4 is 17.7 Å². The normalized spacial score (nSPS) is 27.8. The minimum atomic E-state index is -1.09. The van der Waals surface area contributed by atoms with E-state index < -0.39 is 18.0 Å². The number of nitrogens with one attached hydrogen (secondary N) is 1. The first-order chi connectivity index (χ1) is 13.0. The maximum Gasteiger partial charge on any atom is 0.352 e. The van der Waals surface area contributed by atoms with Crippen molar-refractivity contribution < 1.29 is 19.8 Å². The lowest BCUT2D eigenvalue weighted by Gasteiger charge is -2.44. The third kappa shape index (κ3) is 3.10. The van der Waals surface area contributed by atoms with Crippen molar-refractivity contribution in [1.82, 2.24) is 15.2 Å². The van der Waals surface area contributed by atoms with E-state index in [0.29, 0.717) is 25.8 Å². The molecule has 0 aliphatic carbocycles. The third-order valence-electron chi connectivity index (χ3n) is 5.48. The fourth-order valence-corrected chi connectivity index (χ4v) is 4.30. The second kappa shape index (κ2) is 6.77. The van der Waals surface area contributed by atoms with E-state index in [1.54, 1.807) is 19.3 Å². The first kappa shape index (κ1) is 17.7. The largest absolute Gasteiger partial charge is 0.477 e. The average molecular weight is 370 g/mol. The number of carboxylic acid groups (broad SMARTS) is 1. The van der Waals surface area contributed by atoms with Gasteiger partial charge in [-0.15, -0.1) is 0 Å². The van der Waals surface area contributed by atoms with E-state index in [1.165, 1.54) is 4.90 Å². The summed E-state index contributed by atoms with van der Waals surface area (Å²) in [6, 6.07) is 3.57. The van der Waals surface area contributed by atoms with Crippen molar-refractivity contribution in [1.29, 1.82) is 0 Å². The molecule has 1 aromatic rings. The molecular formula is C19H22N4O4. The second-order valence-corrected chi connectivity index (χ2v) is 7.36. The Labute approximate surface area is 156 Å². The summed E-state index contributed by atoms with van der Waals surface area (Å²) < 4.78 is 0. The summed E-state index contributed by atoms with van der Waals surface area (Å²) in [7, 11) is 0. The van der Waals surface area contributed by atoms with Gasteiger partial charge in [0.15, 0.2) is 0 Å². The quantitative estimate of drug-likeness (QED) is 0.622. The summed E-state index contributed by atoms with van der Waals surface area (Å²) in [5, 5.41) is 22.7. The van der Waals surface area contributed by atoms with Crippen LogP contribution in [0.15, 0.2) is 40.8 Å². The van der Waals surface area contributed by atoms with E-state index in [2.05, 4.69) is 15.3 Å². The Morgan fingerprint density at radius 1 is 1.48 bits per heavy atom. The van der Waals surface area contributed by atoms with E-state index in [0.717, 1.165) is 17.0 Å². The van der Waals surface area contributed by atoms with Gasteiger partial charge in [0.2, 0.25) is 5.91 Å². The molecule has 8 nitrogen and oxygen atoms in total. The van der Waals surface area contributed by atoms with Crippen molar-refractivity contribution in [2.45, 2.75) is 44.4 Å². The van der Waals surface area contributed by atoms with Crippen LogP contribution in [0, 0.1) is 5.92 Å². The molecule has 3 N–H and O–H groups in total. The van der Waals surface area contributed by atoms with Crippen molar-refractivity contribution in [2.75, 3.05) is 6.54 Å². The van der Waals surface area contributed by atoms with Crippen LogP contribution in [-0.4, -0.2) is 62.5 Å². The molecule has 1 amide bonds. The minimum absolute atomic E-state index is 0.0557. The zero-order chi connectivity index (χ0) is 19.1. The number of aliphatic imine (C=N–C) groups is 1. The maximum atomic E-state index is 12.3. The van der Waals surface area contributed by atoms with Crippen LogP contribution in [0.3, 0.4) is 0 Å². The van der Waals surface area contributed by atoms with Gasteiger partial charge in [0.25, 0.3) is 0 Å². The molecule has 4 heterocycles. The molecule has 4 rings (SSSR count). The summed E-state index contributed by atoms with van der Waals surface area (Å²) in [5.41, 5.74) is 1.88. The van der Waals surface area contributed by atoms with Crippen LogP contribution in [0.5, 0.6) is 0 Å². The molecule has 3 aliphatic heterocycles. The van der Waals surface area contributed by atoms with Gasteiger partial charge in [-0.2, -0.15) is 0 Å². The standard InChI is InChI=1S/C19H22N4O4/c1-10(24)16-14-7-12(17(19(26)27)23(14)18(16)25)6-13-9-21-15(22-13)5-11-3-2-4-20-8-11/h2-4,8,10,13-14,16,24H,5-7,9H2,1H3,(H,21,22)(H,26,27)/t10-,13-,14-,16-/m1/s1. The zero-order valence-electron chi connectivity index (χ0n) is 15.0. The summed E-state index contributed by atoms with van der Waals surface area (Å²) >= 11 is 0. The number of aliphatic hydroxyl groups is 1. The minimum Gasteiger partial charge on any atom is -0.477 e. The Morgan fingerprint density at radius 2 is 2.30 bits per heavy atom. The number of fused-ring (bicyclic) bond motifs is 1. The zero-order valence-corrected chi connectivity index (χ0v) is 15.0. The number of aliphatic carboxylic acids is 1. The number of carboxylic acids is 1. The molecule has 0 radical (unpaired) electrons. The highest BCUT2D eigenvalue weighted by Gasteiger charge is 2.56. The molecule has 0 spiro atoms. The van der Waals surface area contributed by atoms with E-state index in [4.69, 9.17) is 0 Å². The number of amides is 1. The van der Waals surface area contributed by atoms with Crippen LogP contribution in [0.4, 0.5) is 0 Å². The van der Waals surface area contributed by atoms with Gasteiger partial charge in [0, 0.05) is 25.4 Å². The molecule has 4 atom stereocenters. The van der Waals surface area contributed by atoms with Crippen LogP contribution in [0.25, 0.3) is 0 Å². The van der Waals surface area contributed by atoms with Crippen molar-refractivity contribution in [2.24, 2.45) is 10.9 Å². The third-order valence-corrected chi connectivity index (χ3v) is 5.48. The number of rotatable bonds is 6. The summed E-state index contributed by atoms with van der Waals surface area (Å²) in [4.78, 5) is 34.1. The highest BCUT2D eigenvalue weighted by Crippen LogP contribution is 2.45. The van der Waals surface area contributed by atoms with E-state index in [9.17, 15) is 19.8 Å². The number of carbonyl (C=O) groups excluding carboxylic acids is 1. The number of aromatic nitrogens is 1. The van der Waals surface area contributed by atoms with Crippen LogP contribution in [-0.2, 0) is 16.0 Å². The number of carbonyl (C=O) groups is 2. The maximum absolute atomic E-state index is 12.3. The van der Waals surface area contributed by atoms with Gasteiger partial charge in [-0.3, -0.25) is 14.8 Å². The van der Waals surface area contributed by atoms with E-state index in [1.807, 2.05) is 12.1 Å². The van der Waals surface area contributed by atoms with Crippen molar-refractivity contribution in [3.05, 3.63) is 41.4 Å². The molecule has 142 valence electrons. The van der Waals surface area contributed by atoms with Gasteiger partial charge in [0.05, 0.1) is 24.1 Å². The highest BCUT2D eigenvalue weighted by molar-refractivity contribution is 5.99. The molecule has 0 aromatic carbocycles. The van der Waals surface area contributed by atoms with Crippen molar-refractivity contribution in [3.8, 4) is 0 Å². The van der Waals surface area contributed by atoms with Crippen LogP contribution in [0.2, 0.25) is 0 Å². The number of hydrogen-bond acceptors (Lipinski definition) is 6. The van der Waals surface area contributed by atoms with Gasteiger partial charge in [-0.25, -0.2) is 4.79 Å². The number of amidine groups is 1. The van der Waals surface area contributed by atoms with Gasteiger partial charge in [0.1, 0.15) is 11.5 Å². The molecule has 1 fully saturated rings. The Hall–Kier alpha value is -2.74. The Kier molecular flexibility index (Phi) is 4.43. The molecule has 0 bridgehead atoms.